The normalized spacial score (nSPS) is 9.21. The first-order valence-corrected chi connectivity index (χ1v) is 4.20. The molecule has 14 heavy (non-hydrogen) atoms. The summed E-state index contributed by atoms with van der Waals surface area (Å²) in [6, 6.07) is 14.2. The molecular weight excluding hydrogens is 376 g/mol. The van der Waals surface area contributed by atoms with Crippen LogP contribution in [0, 0.1) is 6.07 Å². The molecular formula is C10H6ClIrN2-. The number of nitrogens with zero attached hydrogens (tertiary/aromatic N) is 2. The number of benzene rings is 1. The first-order chi connectivity index (χ1) is 6.36. The van der Waals surface area contributed by atoms with Gasteiger partial charge in [-0.3, -0.25) is 0 Å². The van der Waals surface area contributed by atoms with Crippen LogP contribution in [0.1, 0.15) is 0 Å². The molecule has 0 saturated heterocycles. The summed E-state index contributed by atoms with van der Waals surface area (Å²) < 4.78 is 0. The molecule has 0 aliphatic heterocycles. The fraction of sp³-hybridized carbons (Fsp3) is 0. The van der Waals surface area contributed by atoms with Gasteiger partial charge in [-0.05, 0) is 6.07 Å². The van der Waals surface area contributed by atoms with Gasteiger partial charge in [0, 0.05) is 25.8 Å². The molecule has 2 aromatic rings. The van der Waals surface area contributed by atoms with Gasteiger partial charge < -0.3 is 0 Å². The maximum atomic E-state index is 5.62. The first-order valence-electron chi connectivity index (χ1n) is 3.82. The number of aromatic nitrogens is 2. The van der Waals surface area contributed by atoms with Crippen LogP contribution in [-0.2, 0) is 20.1 Å². The summed E-state index contributed by atoms with van der Waals surface area (Å²) in [5, 5.41) is 8.09. The molecule has 0 aliphatic rings. The van der Waals surface area contributed by atoms with Gasteiger partial charge in [-0.25, -0.2) is 0 Å². The Morgan fingerprint density at radius 2 is 1.93 bits per heavy atom. The molecule has 0 fully saturated rings. The van der Waals surface area contributed by atoms with Crippen LogP contribution in [0.25, 0.3) is 11.3 Å². The third kappa shape index (κ3) is 2.61. The van der Waals surface area contributed by atoms with E-state index in [-0.39, 0.29) is 20.1 Å². The molecule has 0 atom stereocenters. The number of hydrogen-bond acceptors (Lipinski definition) is 2. The molecule has 0 unspecified atom stereocenters. The fourth-order valence-electron chi connectivity index (χ4n) is 1.01. The molecule has 2 nitrogen and oxygen atoms in total. The van der Waals surface area contributed by atoms with Crippen molar-refractivity contribution in [2.75, 3.05) is 0 Å². The van der Waals surface area contributed by atoms with E-state index in [9.17, 15) is 0 Å². The Morgan fingerprint density at radius 3 is 2.50 bits per heavy atom. The molecule has 0 aliphatic carbocycles. The first kappa shape index (κ1) is 11.3. The van der Waals surface area contributed by atoms with Crippen LogP contribution in [0.3, 0.4) is 0 Å². The topological polar surface area (TPSA) is 25.8 Å². The number of rotatable bonds is 1. The molecule has 0 amide bonds. The molecule has 1 aromatic carbocycles. The molecule has 73 valence electrons. The van der Waals surface area contributed by atoms with E-state index in [0.29, 0.717) is 5.15 Å². The average Bonchev–Trinajstić information content (AvgIpc) is 2.20. The standard InChI is InChI=1S/C10H6ClN2.Ir/c11-10-7-6-9(12-13-10)8-4-2-1-3-5-8;/h1-4,6-7H;/q-1;. The van der Waals surface area contributed by atoms with Crippen LogP contribution in [0.4, 0.5) is 0 Å². The van der Waals surface area contributed by atoms with E-state index in [1.165, 1.54) is 0 Å². The van der Waals surface area contributed by atoms with Crippen molar-refractivity contribution >= 4 is 11.6 Å². The predicted octanol–water partition coefficient (Wildman–Crippen LogP) is 2.59. The van der Waals surface area contributed by atoms with Crippen molar-refractivity contribution in [1.29, 1.82) is 0 Å². The van der Waals surface area contributed by atoms with Gasteiger partial charge in [0.1, 0.15) is 5.15 Å². The van der Waals surface area contributed by atoms with Crippen molar-refractivity contribution in [3.05, 3.63) is 47.6 Å². The maximum absolute atomic E-state index is 5.62. The van der Waals surface area contributed by atoms with Gasteiger partial charge in [-0.15, -0.1) is 41.0 Å². The van der Waals surface area contributed by atoms with Crippen LogP contribution in [-0.4, -0.2) is 10.2 Å². The Labute approximate surface area is 101 Å². The zero-order valence-corrected chi connectivity index (χ0v) is 10.2. The van der Waals surface area contributed by atoms with E-state index in [4.69, 9.17) is 11.6 Å². The second kappa shape index (κ2) is 5.20. The van der Waals surface area contributed by atoms with Crippen molar-refractivity contribution in [2.45, 2.75) is 0 Å². The number of hydrogen-bond donors (Lipinski definition) is 0. The SMILES string of the molecule is Clc1ccc(-c2[c-]cccc2)nn1.[Ir]. The molecule has 1 radical (unpaired) electrons. The smallest absolute Gasteiger partial charge is 0.150 e. The molecule has 0 bridgehead atoms. The van der Waals surface area contributed by atoms with Crippen LogP contribution in [0.2, 0.25) is 5.15 Å². The van der Waals surface area contributed by atoms with Crippen LogP contribution in [0.15, 0.2) is 36.4 Å². The van der Waals surface area contributed by atoms with Gasteiger partial charge in [-0.1, -0.05) is 17.7 Å². The molecule has 1 aromatic heterocycles. The van der Waals surface area contributed by atoms with Crippen LogP contribution < -0.4 is 0 Å². The quantitative estimate of drug-likeness (QED) is 0.710. The summed E-state index contributed by atoms with van der Waals surface area (Å²) in [7, 11) is 0. The van der Waals surface area contributed by atoms with Gasteiger partial charge in [0.05, 0.1) is 0 Å². The van der Waals surface area contributed by atoms with Gasteiger partial charge in [0.15, 0.2) is 0 Å². The Bertz CT molecular complexity index is 389. The third-order valence-electron chi connectivity index (χ3n) is 1.62. The summed E-state index contributed by atoms with van der Waals surface area (Å²) >= 11 is 5.62. The van der Waals surface area contributed by atoms with Gasteiger partial charge in [0.25, 0.3) is 0 Å². The molecule has 2 rings (SSSR count). The largest absolute Gasteiger partial charge is 0.200 e. The zero-order valence-electron chi connectivity index (χ0n) is 7.07. The van der Waals surface area contributed by atoms with Crippen molar-refractivity contribution in [3.63, 3.8) is 0 Å². The van der Waals surface area contributed by atoms with E-state index in [1.54, 1.807) is 6.07 Å². The predicted molar refractivity (Wildman–Crippen MR) is 51.3 cm³/mol. The minimum atomic E-state index is 0. The summed E-state index contributed by atoms with van der Waals surface area (Å²) in [6.45, 7) is 0. The Morgan fingerprint density at radius 1 is 1.07 bits per heavy atom. The fourth-order valence-corrected chi connectivity index (χ4v) is 1.11. The monoisotopic (exact) mass is 382 g/mol. The summed E-state index contributed by atoms with van der Waals surface area (Å²) in [5.74, 6) is 0. The second-order valence-corrected chi connectivity index (χ2v) is 2.90. The van der Waals surface area contributed by atoms with Crippen molar-refractivity contribution in [2.24, 2.45) is 0 Å². The van der Waals surface area contributed by atoms with E-state index in [1.807, 2.05) is 30.3 Å². The zero-order chi connectivity index (χ0) is 9.10. The Kier molecular flexibility index (Phi) is 4.20. The van der Waals surface area contributed by atoms with E-state index >= 15 is 0 Å². The number of halogens is 1. The van der Waals surface area contributed by atoms with E-state index in [0.717, 1.165) is 11.3 Å². The van der Waals surface area contributed by atoms with Crippen molar-refractivity contribution in [3.8, 4) is 11.3 Å². The van der Waals surface area contributed by atoms with Crippen molar-refractivity contribution in [1.82, 2.24) is 10.2 Å². The molecule has 0 spiro atoms. The van der Waals surface area contributed by atoms with Crippen molar-refractivity contribution < 1.29 is 20.1 Å². The summed E-state index contributed by atoms with van der Waals surface area (Å²) in [6.07, 6.45) is 0. The van der Waals surface area contributed by atoms with Gasteiger partial charge in [0.2, 0.25) is 0 Å². The minimum Gasteiger partial charge on any atom is -0.200 e. The maximum Gasteiger partial charge on any atom is 0.150 e. The van der Waals surface area contributed by atoms with Gasteiger partial charge >= 0.3 is 0 Å². The summed E-state index contributed by atoms with van der Waals surface area (Å²) in [4.78, 5) is 0. The minimum absolute atomic E-state index is 0. The molecule has 1 heterocycles. The summed E-state index contributed by atoms with van der Waals surface area (Å²) in [5.41, 5.74) is 1.71. The van der Waals surface area contributed by atoms with E-state index in [2.05, 4.69) is 16.3 Å². The Balaban J connectivity index is 0.000000980. The molecule has 0 N–H and O–H groups in total. The average molecular weight is 382 g/mol. The Hall–Kier alpha value is -0.761. The second-order valence-electron chi connectivity index (χ2n) is 2.52. The molecule has 0 saturated carbocycles. The van der Waals surface area contributed by atoms with Gasteiger partial charge in [-0.2, -0.15) is 5.10 Å². The molecule has 4 heteroatoms. The van der Waals surface area contributed by atoms with Crippen LogP contribution in [0.5, 0.6) is 0 Å². The van der Waals surface area contributed by atoms with E-state index < -0.39 is 0 Å². The third-order valence-corrected chi connectivity index (χ3v) is 1.82. The van der Waals surface area contributed by atoms with Crippen LogP contribution >= 0.6 is 11.6 Å².